The van der Waals surface area contributed by atoms with Crippen LogP contribution in [0.15, 0.2) is 30.3 Å². The first-order valence-corrected chi connectivity index (χ1v) is 10.6. The molecule has 2 rings (SSSR count). The van der Waals surface area contributed by atoms with E-state index >= 15 is 0 Å². The molecule has 0 atom stereocenters. The Morgan fingerprint density at radius 3 is 2.22 bits per heavy atom. The average molecular weight is 377 g/mol. The van der Waals surface area contributed by atoms with E-state index in [0.717, 1.165) is 11.0 Å². The van der Waals surface area contributed by atoms with Gasteiger partial charge in [0, 0.05) is 0 Å². The fourth-order valence-corrected chi connectivity index (χ4v) is 5.23. The molecule has 0 aliphatic heterocycles. The van der Waals surface area contributed by atoms with Gasteiger partial charge < -0.3 is 0 Å². The summed E-state index contributed by atoms with van der Waals surface area (Å²) in [5.74, 6) is 0. The summed E-state index contributed by atoms with van der Waals surface area (Å²) >= 11 is 0.575. The van der Waals surface area contributed by atoms with Crippen molar-refractivity contribution in [3.05, 3.63) is 44.8 Å². The van der Waals surface area contributed by atoms with Gasteiger partial charge in [-0.15, -0.1) is 0 Å². The van der Waals surface area contributed by atoms with E-state index in [-0.39, 0.29) is 0 Å². The topological polar surface area (TPSA) is 0 Å². The van der Waals surface area contributed by atoms with Crippen molar-refractivity contribution in [3.63, 3.8) is 0 Å². The maximum atomic E-state index is 2.37. The first-order chi connectivity index (χ1) is 10.9. The van der Waals surface area contributed by atoms with E-state index in [1.54, 1.807) is 8.87 Å². The van der Waals surface area contributed by atoms with Crippen LogP contribution in [0.3, 0.4) is 0 Å². The molecule has 0 unspecified atom stereocenters. The fraction of sp³-hybridized carbons (Fsp3) is 0.524. The molecule has 1 nitrogen and oxygen atoms in total. The van der Waals surface area contributed by atoms with Crippen LogP contribution in [0.4, 0.5) is 0 Å². The number of hydrogen-bond donors (Lipinski definition) is 0. The molecule has 0 bridgehead atoms. The van der Waals surface area contributed by atoms with Gasteiger partial charge in [0.2, 0.25) is 0 Å². The molecule has 0 amide bonds. The third-order valence-electron chi connectivity index (χ3n) is 4.53. The Hall–Kier alpha value is -0.821. The van der Waals surface area contributed by atoms with Gasteiger partial charge in [-0.05, 0) is 0 Å². The van der Waals surface area contributed by atoms with Gasteiger partial charge in [0.15, 0.2) is 0 Å². The van der Waals surface area contributed by atoms with Gasteiger partial charge in [-0.2, -0.15) is 0 Å². The van der Waals surface area contributed by atoms with Crippen LogP contribution in [-0.2, 0) is 6.54 Å². The molecule has 1 heterocycles. The number of rotatable bonds is 8. The van der Waals surface area contributed by atoms with Crippen molar-refractivity contribution in [2.24, 2.45) is 0 Å². The first kappa shape index (κ1) is 18.5. The number of aryl methyl sites for hydroxylation is 2. The quantitative estimate of drug-likeness (QED) is 0.338. The summed E-state index contributed by atoms with van der Waals surface area (Å²) in [4.78, 5) is 0. The van der Waals surface area contributed by atoms with Crippen LogP contribution in [0, 0.1) is 13.8 Å². The van der Waals surface area contributed by atoms with Crippen molar-refractivity contribution in [3.8, 4) is 11.1 Å². The molecule has 2 heteroatoms. The van der Waals surface area contributed by atoms with E-state index in [0.29, 0.717) is 14.5 Å². The molecule has 0 N–H and O–H groups in total. The van der Waals surface area contributed by atoms with E-state index in [1.807, 2.05) is 0 Å². The molecular formula is C21H32NSe+. The Morgan fingerprint density at radius 1 is 0.957 bits per heavy atom. The zero-order chi connectivity index (χ0) is 16.9. The molecule has 1 aromatic heterocycles. The van der Waals surface area contributed by atoms with Gasteiger partial charge in [-0.3, -0.25) is 0 Å². The van der Waals surface area contributed by atoms with Crippen molar-refractivity contribution in [1.29, 1.82) is 0 Å². The summed E-state index contributed by atoms with van der Waals surface area (Å²) in [6.07, 6.45) is 5.41. The van der Waals surface area contributed by atoms with Crippen LogP contribution in [0.25, 0.3) is 11.1 Å². The van der Waals surface area contributed by atoms with Gasteiger partial charge in [0.05, 0.1) is 0 Å². The van der Waals surface area contributed by atoms with Crippen LogP contribution in [0.5, 0.6) is 0 Å². The van der Waals surface area contributed by atoms with Gasteiger partial charge >= 0.3 is 135 Å². The van der Waals surface area contributed by atoms with E-state index in [2.05, 4.69) is 65.2 Å². The van der Waals surface area contributed by atoms with Crippen LogP contribution in [-0.4, -0.2) is 39.6 Å². The molecule has 0 spiro atoms. The van der Waals surface area contributed by atoms with Crippen LogP contribution in [0.1, 0.15) is 47.0 Å². The Balaban J connectivity index is 1.98. The van der Waals surface area contributed by atoms with Gasteiger partial charge in [0.25, 0.3) is 0 Å². The molecule has 0 saturated heterocycles. The number of hydrogen-bond acceptors (Lipinski definition) is 0. The summed E-state index contributed by atoms with van der Waals surface area (Å²) in [5, 5.41) is 0. The molecule has 23 heavy (non-hydrogen) atoms. The summed E-state index contributed by atoms with van der Waals surface area (Å²) in [5.41, 5.74) is 4.30. The maximum absolute atomic E-state index is 2.37. The van der Waals surface area contributed by atoms with Crippen LogP contribution in [0.2, 0.25) is 0 Å². The average Bonchev–Trinajstić information content (AvgIpc) is 2.83. The number of nitrogens with zero attached hydrogens (tertiary/aromatic N) is 1. The Labute approximate surface area is 148 Å². The summed E-state index contributed by atoms with van der Waals surface area (Å²) in [6.45, 7) is 9.22. The van der Waals surface area contributed by atoms with Crippen molar-refractivity contribution in [1.82, 2.24) is 0 Å². The van der Waals surface area contributed by atoms with Crippen molar-refractivity contribution >= 4 is 14.5 Å². The van der Waals surface area contributed by atoms with Crippen molar-refractivity contribution < 1.29 is 4.48 Å². The van der Waals surface area contributed by atoms with E-state index in [1.165, 1.54) is 48.9 Å². The van der Waals surface area contributed by atoms with E-state index in [4.69, 9.17) is 0 Å². The normalized spacial score (nSPS) is 11.9. The molecule has 0 fully saturated rings. The standard InChI is InChI=1S/C21H32NSe/c1-6-7-8-9-14-22(4,5)16-19-10-12-20(13-11-19)21-15-17(2)23-18(21)3/h10-13,15H,6-9,14,16H2,1-5H3/q+1. The molecule has 126 valence electrons. The Morgan fingerprint density at radius 2 is 1.65 bits per heavy atom. The van der Waals surface area contributed by atoms with Crippen LogP contribution < -0.4 is 0 Å². The second-order valence-electron chi connectivity index (χ2n) is 7.40. The van der Waals surface area contributed by atoms with Gasteiger partial charge in [0.1, 0.15) is 0 Å². The zero-order valence-electron chi connectivity index (χ0n) is 15.5. The molecule has 2 aromatic rings. The zero-order valence-corrected chi connectivity index (χ0v) is 17.2. The first-order valence-electron chi connectivity index (χ1n) is 8.89. The van der Waals surface area contributed by atoms with E-state index in [9.17, 15) is 0 Å². The molecule has 0 aliphatic carbocycles. The monoisotopic (exact) mass is 378 g/mol. The fourth-order valence-electron chi connectivity index (χ4n) is 3.25. The SMILES string of the molecule is CCCCCC[N+](C)(C)Cc1ccc(-c2cc(C)[se]c2C)cc1. The van der Waals surface area contributed by atoms with Gasteiger partial charge in [-0.25, -0.2) is 0 Å². The summed E-state index contributed by atoms with van der Waals surface area (Å²) in [6, 6.07) is 11.7. The second kappa shape index (κ2) is 8.33. The van der Waals surface area contributed by atoms with Crippen molar-refractivity contribution in [2.45, 2.75) is 53.0 Å². The molecule has 0 aliphatic rings. The Kier molecular flexibility index (Phi) is 6.71. The predicted molar refractivity (Wildman–Crippen MR) is 103 cm³/mol. The minimum absolute atomic E-state index is 0.575. The van der Waals surface area contributed by atoms with Crippen molar-refractivity contribution in [2.75, 3.05) is 20.6 Å². The molecule has 0 radical (unpaired) electrons. The predicted octanol–water partition coefficient (Wildman–Crippen LogP) is 5.18. The summed E-state index contributed by atoms with van der Waals surface area (Å²) in [7, 11) is 4.72. The molecule has 1 aromatic carbocycles. The van der Waals surface area contributed by atoms with E-state index < -0.39 is 0 Å². The minimum atomic E-state index is 0.575. The number of quaternary nitrogens is 1. The third-order valence-corrected chi connectivity index (χ3v) is 6.56. The van der Waals surface area contributed by atoms with Gasteiger partial charge in [-0.1, -0.05) is 13.3 Å². The second-order valence-corrected chi connectivity index (χ2v) is 10.5. The number of unbranched alkanes of at least 4 members (excludes halogenated alkanes) is 3. The van der Waals surface area contributed by atoms with Crippen LogP contribution >= 0.6 is 0 Å². The summed E-state index contributed by atoms with van der Waals surface area (Å²) < 4.78 is 4.20. The molecular weight excluding hydrogens is 345 g/mol. The Bertz CT molecular complexity index is 607. The third kappa shape index (κ3) is 5.64. The molecule has 0 saturated carbocycles. The number of benzene rings is 1.